The van der Waals surface area contributed by atoms with Crippen molar-refractivity contribution in [3.8, 4) is 11.8 Å². The first-order valence-electron chi connectivity index (χ1n) is 5.42. The highest BCUT2D eigenvalue weighted by molar-refractivity contribution is 7.84. The molecule has 0 aromatic carbocycles. The Bertz CT molecular complexity index is 500. The van der Waals surface area contributed by atoms with Crippen LogP contribution in [-0.4, -0.2) is 34.7 Å². The Hall–Kier alpha value is -1.16. The minimum atomic E-state index is -0.931. The van der Waals surface area contributed by atoms with Crippen molar-refractivity contribution in [2.45, 2.75) is 12.2 Å². The Morgan fingerprint density at radius 3 is 3.00 bits per heavy atom. The Kier molecular flexibility index (Phi) is 6.05. The van der Waals surface area contributed by atoms with E-state index in [9.17, 15) is 9.00 Å². The van der Waals surface area contributed by atoms with Crippen LogP contribution in [-0.2, 0) is 10.8 Å². The zero-order chi connectivity index (χ0) is 13.5. The summed E-state index contributed by atoms with van der Waals surface area (Å²) in [6.07, 6.45) is 1.63. The van der Waals surface area contributed by atoms with Crippen LogP contribution in [0, 0.1) is 11.8 Å². The third-order valence-corrected chi connectivity index (χ3v) is 4.44. The van der Waals surface area contributed by atoms with Gasteiger partial charge in [-0.2, -0.15) is 0 Å². The Morgan fingerprint density at radius 2 is 2.39 bits per heavy atom. The standard InChI is InChI=1S/C12H16N2O2S2/c1-9(18(2)16)7-14-12(15)10-6-11(17-8-10)4-3-5-13/h6,8-9H,5,7,13H2,1-2H3,(H,14,15). The van der Waals surface area contributed by atoms with E-state index in [2.05, 4.69) is 17.2 Å². The van der Waals surface area contributed by atoms with Crippen molar-refractivity contribution in [1.82, 2.24) is 5.32 Å². The second-order valence-electron chi connectivity index (χ2n) is 3.72. The number of nitrogens with two attached hydrogens (primary N) is 1. The summed E-state index contributed by atoms with van der Waals surface area (Å²) in [4.78, 5) is 12.6. The SMILES string of the molecule is CC(CNC(=O)c1csc(C#CCN)c1)S(C)=O. The van der Waals surface area contributed by atoms with Gasteiger partial charge < -0.3 is 11.1 Å². The number of nitrogens with one attached hydrogen (secondary N) is 1. The van der Waals surface area contributed by atoms with Crippen molar-refractivity contribution >= 4 is 28.0 Å². The van der Waals surface area contributed by atoms with Gasteiger partial charge in [0.25, 0.3) is 5.91 Å². The normalized spacial score (nSPS) is 13.3. The largest absolute Gasteiger partial charge is 0.351 e. The Labute approximate surface area is 113 Å². The van der Waals surface area contributed by atoms with E-state index in [-0.39, 0.29) is 11.2 Å². The lowest BCUT2D eigenvalue weighted by atomic mass is 10.3. The average molecular weight is 284 g/mol. The molecule has 1 amide bonds. The minimum Gasteiger partial charge on any atom is -0.351 e. The fraction of sp³-hybridized carbons (Fsp3) is 0.417. The van der Waals surface area contributed by atoms with Crippen molar-refractivity contribution in [3.05, 3.63) is 21.9 Å². The summed E-state index contributed by atoms with van der Waals surface area (Å²) in [5.41, 5.74) is 5.85. The maximum atomic E-state index is 11.8. The first-order valence-corrected chi connectivity index (χ1v) is 7.92. The molecule has 1 aromatic rings. The van der Waals surface area contributed by atoms with Crippen LogP contribution in [0.1, 0.15) is 22.2 Å². The van der Waals surface area contributed by atoms with E-state index in [0.29, 0.717) is 18.7 Å². The number of rotatable bonds is 4. The molecule has 0 aliphatic rings. The van der Waals surface area contributed by atoms with Crippen LogP contribution in [0.5, 0.6) is 0 Å². The molecule has 3 N–H and O–H groups in total. The summed E-state index contributed by atoms with van der Waals surface area (Å²) in [6.45, 7) is 2.54. The lowest BCUT2D eigenvalue weighted by Gasteiger charge is -2.08. The maximum Gasteiger partial charge on any atom is 0.252 e. The highest BCUT2D eigenvalue weighted by Crippen LogP contribution is 2.13. The second-order valence-corrected chi connectivity index (χ2v) is 6.44. The molecular formula is C12H16N2O2S2. The summed E-state index contributed by atoms with van der Waals surface area (Å²) in [7, 11) is -0.931. The fourth-order valence-electron chi connectivity index (χ4n) is 1.11. The number of carbonyl (C=O) groups is 1. The van der Waals surface area contributed by atoms with Gasteiger partial charge in [-0.15, -0.1) is 11.3 Å². The van der Waals surface area contributed by atoms with Gasteiger partial charge >= 0.3 is 0 Å². The van der Waals surface area contributed by atoms with Gasteiger partial charge in [0.1, 0.15) is 0 Å². The lowest BCUT2D eigenvalue weighted by Crippen LogP contribution is -2.32. The van der Waals surface area contributed by atoms with E-state index in [1.54, 1.807) is 17.7 Å². The number of thiophene rings is 1. The summed E-state index contributed by atoms with van der Waals surface area (Å²) in [6, 6.07) is 1.73. The number of amides is 1. The predicted octanol–water partition coefficient (Wildman–Crippen LogP) is 0.555. The zero-order valence-electron chi connectivity index (χ0n) is 10.4. The molecule has 1 rings (SSSR count). The van der Waals surface area contributed by atoms with E-state index in [0.717, 1.165) is 4.88 Å². The van der Waals surface area contributed by atoms with Crippen LogP contribution in [0.2, 0.25) is 0 Å². The molecule has 0 bridgehead atoms. The van der Waals surface area contributed by atoms with Crippen LogP contribution in [0.25, 0.3) is 0 Å². The van der Waals surface area contributed by atoms with Gasteiger partial charge in [-0.3, -0.25) is 9.00 Å². The highest BCUT2D eigenvalue weighted by Gasteiger charge is 2.11. The van der Waals surface area contributed by atoms with Gasteiger partial charge in [-0.05, 0) is 13.0 Å². The zero-order valence-corrected chi connectivity index (χ0v) is 12.0. The van der Waals surface area contributed by atoms with Gasteiger partial charge in [-0.1, -0.05) is 11.8 Å². The smallest absolute Gasteiger partial charge is 0.252 e. The summed E-state index contributed by atoms with van der Waals surface area (Å²) >= 11 is 1.41. The molecule has 2 atom stereocenters. The molecule has 0 fully saturated rings. The molecule has 1 aromatic heterocycles. The summed E-state index contributed by atoms with van der Waals surface area (Å²) < 4.78 is 11.1. The molecule has 0 spiro atoms. The summed E-state index contributed by atoms with van der Waals surface area (Å²) in [5.74, 6) is 5.45. The molecule has 0 radical (unpaired) electrons. The summed E-state index contributed by atoms with van der Waals surface area (Å²) in [5, 5.41) is 4.45. The van der Waals surface area contributed by atoms with Crippen LogP contribution >= 0.6 is 11.3 Å². The Balaban J connectivity index is 2.57. The molecular weight excluding hydrogens is 268 g/mol. The first-order chi connectivity index (χ1) is 8.54. The van der Waals surface area contributed by atoms with Crippen molar-refractivity contribution in [2.75, 3.05) is 19.3 Å². The van der Waals surface area contributed by atoms with Crippen molar-refractivity contribution in [2.24, 2.45) is 5.73 Å². The van der Waals surface area contributed by atoms with E-state index < -0.39 is 10.8 Å². The van der Waals surface area contributed by atoms with Gasteiger partial charge in [0.05, 0.1) is 17.0 Å². The van der Waals surface area contributed by atoms with Crippen LogP contribution in [0.3, 0.4) is 0 Å². The van der Waals surface area contributed by atoms with Crippen molar-refractivity contribution in [1.29, 1.82) is 0 Å². The number of hydrogen-bond acceptors (Lipinski definition) is 4. The monoisotopic (exact) mass is 284 g/mol. The molecule has 98 valence electrons. The van der Waals surface area contributed by atoms with Crippen molar-refractivity contribution in [3.63, 3.8) is 0 Å². The van der Waals surface area contributed by atoms with E-state index in [1.165, 1.54) is 11.3 Å². The van der Waals surface area contributed by atoms with E-state index in [1.807, 2.05) is 6.92 Å². The molecule has 18 heavy (non-hydrogen) atoms. The number of hydrogen-bond donors (Lipinski definition) is 2. The van der Waals surface area contributed by atoms with E-state index in [4.69, 9.17) is 5.73 Å². The highest BCUT2D eigenvalue weighted by atomic mass is 32.2. The molecule has 2 unspecified atom stereocenters. The maximum absolute atomic E-state index is 11.8. The molecule has 0 aliphatic carbocycles. The predicted molar refractivity (Wildman–Crippen MR) is 76.1 cm³/mol. The van der Waals surface area contributed by atoms with E-state index >= 15 is 0 Å². The van der Waals surface area contributed by atoms with Crippen LogP contribution < -0.4 is 11.1 Å². The van der Waals surface area contributed by atoms with Gasteiger partial charge in [0, 0.05) is 34.2 Å². The van der Waals surface area contributed by atoms with Crippen molar-refractivity contribution < 1.29 is 9.00 Å². The molecule has 6 heteroatoms. The first kappa shape index (κ1) is 14.9. The third kappa shape index (κ3) is 4.61. The van der Waals surface area contributed by atoms with Gasteiger partial charge in [0.2, 0.25) is 0 Å². The number of carbonyl (C=O) groups excluding carboxylic acids is 1. The fourth-order valence-corrected chi connectivity index (χ4v) is 2.19. The average Bonchev–Trinajstić information content (AvgIpc) is 2.81. The Morgan fingerprint density at radius 1 is 1.67 bits per heavy atom. The molecule has 4 nitrogen and oxygen atoms in total. The molecule has 0 aliphatic heterocycles. The molecule has 0 saturated carbocycles. The topological polar surface area (TPSA) is 72.2 Å². The lowest BCUT2D eigenvalue weighted by molar-refractivity contribution is 0.0954. The molecule has 0 saturated heterocycles. The van der Waals surface area contributed by atoms with Crippen LogP contribution in [0.15, 0.2) is 11.4 Å². The molecule has 1 heterocycles. The van der Waals surface area contributed by atoms with Gasteiger partial charge in [0.15, 0.2) is 0 Å². The minimum absolute atomic E-state index is 0.0518. The second kappa shape index (κ2) is 7.31. The van der Waals surface area contributed by atoms with Crippen LogP contribution in [0.4, 0.5) is 0 Å². The third-order valence-electron chi connectivity index (χ3n) is 2.29. The quantitative estimate of drug-likeness (QED) is 0.793. The van der Waals surface area contributed by atoms with Gasteiger partial charge in [-0.25, -0.2) is 0 Å².